The summed E-state index contributed by atoms with van der Waals surface area (Å²) in [6.07, 6.45) is 1.15. The predicted molar refractivity (Wildman–Crippen MR) is 58.4 cm³/mol. The molecule has 0 atom stereocenters. The van der Waals surface area contributed by atoms with E-state index in [2.05, 4.69) is 0 Å². The maximum Gasteiger partial charge on any atom is 0.303 e. The van der Waals surface area contributed by atoms with E-state index in [4.69, 9.17) is 21.4 Å². The molecule has 0 heterocycles. The molecular formula is C11H12ClFO3. The highest BCUT2D eigenvalue weighted by Gasteiger charge is 2.07. The number of para-hydroxylation sites is 1. The van der Waals surface area contributed by atoms with E-state index >= 15 is 0 Å². The van der Waals surface area contributed by atoms with Gasteiger partial charge in [0.05, 0.1) is 11.6 Å². The zero-order chi connectivity index (χ0) is 12.0. The predicted octanol–water partition coefficient (Wildman–Crippen LogP) is 3.11. The minimum atomic E-state index is -0.844. The van der Waals surface area contributed by atoms with Crippen LogP contribution in [0.4, 0.5) is 4.39 Å². The number of ether oxygens (including phenoxy) is 1. The van der Waals surface area contributed by atoms with Crippen molar-refractivity contribution in [1.29, 1.82) is 0 Å². The molecule has 1 aromatic carbocycles. The molecule has 0 unspecified atom stereocenters. The summed E-state index contributed by atoms with van der Waals surface area (Å²) in [5, 5.41) is 8.62. The monoisotopic (exact) mass is 246 g/mol. The molecule has 0 fully saturated rings. The van der Waals surface area contributed by atoms with Crippen molar-refractivity contribution < 1.29 is 19.0 Å². The second kappa shape index (κ2) is 6.33. The van der Waals surface area contributed by atoms with Crippen molar-refractivity contribution in [3.8, 4) is 5.75 Å². The van der Waals surface area contributed by atoms with Crippen LogP contribution < -0.4 is 4.74 Å². The summed E-state index contributed by atoms with van der Waals surface area (Å²) in [6.45, 7) is 0.258. The Balaban J connectivity index is 2.34. The Hall–Kier alpha value is -1.29. The number of hydrogen-bond donors (Lipinski definition) is 1. The van der Waals surface area contributed by atoms with Gasteiger partial charge in [-0.25, -0.2) is 4.39 Å². The van der Waals surface area contributed by atoms with Gasteiger partial charge in [-0.1, -0.05) is 17.7 Å². The molecular weight excluding hydrogens is 235 g/mol. The Morgan fingerprint density at radius 3 is 2.81 bits per heavy atom. The van der Waals surface area contributed by atoms with Gasteiger partial charge in [0.25, 0.3) is 0 Å². The van der Waals surface area contributed by atoms with Crippen LogP contribution in [-0.2, 0) is 4.79 Å². The highest BCUT2D eigenvalue weighted by atomic mass is 35.5. The van der Waals surface area contributed by atoms with Crippen molar-refractivity contribution in [1.82, 2.24) is 0 Å². The second-order valence-electron chi connectivity index (χ2n) is 3.25. The van der Waals surface area contributed by atoms with Gasteiger partial charge < -0.3 is 9.84 Å². The summed E-state index contributed by atoms with van der Waals surface area (Å²) in [4.78, 5) is 10.2. The van der Waals surface area contributed by atoms with Gasteiger partial charge in [0, 0.05) is 6.42 Å². The fraction of sp³-hybridized carbons (Fsp3) is 0.364. The number of carboxylic acids is 1. The third kappa shape index (κ3) is 4.06. The topological polar surface area (TPSA) is 46.5 Å². The molecule has 88 valence electrons. The van der Waals surface area contributed by atoms with E-state index in [9.17, 15) is 9.18 Å². The standard InChI is InChI=1S/C11H12ClFO3/c12-8-4-3-5-9(13)11(8)16-7-2-1-6-10(14)15/h3-5H,1-2,6-7H2,(H,14,15). The molecule has 0 spiro atoms. The Labute approximate surface area is 97.8 Å². The largest absolute Gasteiger partial charge is 0.489 e. The highest BCUT2D eigenvalue weighted by molar-refractivity contribution is 6.32. The first kappa shape index (κ1) is 12.8. The number of carbonyl (C=O) groups is 1. The maximum absolute atomic E-state index is 13.2. The average molecular weight is 247 g/mol. The first-order valence-corrected chi connectivity index (χ1v) is 5.27. The average Bonchev–Trinajstić information content (AvgIpc) is 2.21. The van der Waals surface area contributed by atoms with E-state index in [0.29, 0.717) is 12.8 Å². The van der Waals surface area contributed by atoms with Crippen LogP contribution in [0.25, 0.3) is 0 Å². The minimum absolute atomic E-state index is 0.0273. The smallest absolute Gasteiger partial charge is 0.303 e. The lowest BCUT2D eigenvalue weighted by Gasteiger charge is -2.08. The quantitative estimate of drug-likeness (QED) is 0.785. The van der Waals surface area contributed by atoms with Crippen molar-refractivity contribution in [3.63, 3.8) is 0 Å². The molecule has 0 aromatic heterocycles. The summed E-state index contributed by atoms with van der Waals surface area (Å²) in [6, 6.07) is 4.30. The number of benzene rings is 1. The molecule has 1 rings (SSSR count). The fourth-order valence-corrected chi connectivity index (χ4v) is 1.39. The number of carboxylic acid groups (broad SMARTS) is 1. The van der Waals surface area contributed by atoms with Crippen LogP contribution in [0.1, 0.15) is 19.3 Å². The zero-order valence-electron chi connectivity index (χ0n) is 8.58. The third-order valence-corrected chi connectivity index (χ3v) is 2.25. The normalized spacial score (nSPS) is 10.1. The van der Waals surface area contributed by atoms with Crippen LogP contribution in [-0.4, -0.2) is 17.7 Å². The number of aliphatic carboxylic acids is 1. The molecule has 16 heavy (non-hydrogen) atoms. The van der Waals surface area contributed by atoms with Crippen molar-refractivity contribution in [2.75, 3.05) is 6.61 Å². The molecule has 1 aromatic rings. The summed E-state index contributed by atoms with van der Waals surface area (Å²) >= 11 is 5.73. The molecule has 1 N–H and O–H groups in total. The van der Waals surface area contributed by atoms with Crippen molar-refractivity contribution >= 4 is 17.6 Å². The molecule has 0 aliphatic heterocycles. The van der Waals surface area contributed by atoms with Gasteiger partial charge in [0.2, 0.25) is 0 Å². The molecule has 0 aliphatic carbocycles. The van der Waals surface area contributed by atoms with Gasteiger partial charge in [0.15, 0.2) is 11.6 Å². The molecule has 0 aliphatic rings. The van der Waals surface area contributed by atoms with Gasteiger partial charge in [0.1, 0.15) is 0 Å². The third-order valence-electron chi connectivity index (χ3n) is 1.95. The van der Waals surface area contributed by atoms with Crippen LogP contribution in [0, 0.1) is 5.82 Å². The van der Waals surface area contributed by atoms with Crippen LogP contribution >= 0.6 is 11.6 Å². The van der Waals surface area contributed by atoms with E-state index in [1.807, 2.05) is 0 Å². The van der Waals surface area contributed by atoms with Crippen molar-refractivity contribution in [2.24, 2.45) is 0 Å². The molecule has 0 radical (unpaired) electrons. The van der Waals surface area contributed by atoms with Gasteiger partial charge >= 0.3 is 5.97 Å². The van der Waals surface area contributed by atoms with Crippen LogP contribution in [0.15, 0.2) is 18.2 Å². The van der Waals surface area contributed by atoms with E-state index < -0.39 is 11.8 Å². The summed E-state index contributed by atoms with van der Waals surface area (Å²) in [5.74, 6) is -1.32. The van der Waals surface area contributed by atoms with Gasteiger partial charge in [-0.3, -0.25) is 4.79 Å². The van der Waals surface area contributed by atoms with E-state index in [0.717, 1.165) is 0 Å². The fourth-order valence-electron chi connectivity index (χ4n) is 1.17. The number of halogens is 2. The zero-order valence-corrected chi connectivity index (χ0v) is 9.34. The molecule has 0 amide bonds. The Kier molecular flexibility index (Phi) is 5.05. The first-order chi connectivity index (χ1) is 7.61. The van der Waals surface area contributed by atoms with Crippen molar-refractivity contribution in [2.45, 2.75) is 19.3 Å². The van der Waals surface area contributed by atoms with Crippen LogP contribution in [0.5, 0.6) is 5.75 Å². The van der Waals surface area contributed by atoms with E-state index in [-0.39, 0.29) is 23.8 Å². The SMILES string of the molecule is O=C(O)CCCCOc1c(F)cccc1Cl. The molecule has 0 saturated carbocycles. The first-order valence-electron chi connectivity index (χ1n) is 4.90. The van der Waals surface area contributed by atoms with Gasteiger partial charge in [-0.2, -0.15) is 0 Å². The lowest BCUT2D eigenvalue weighted by molar-refractivity contribution is -0.137. The summed E-state index contributed by atoms with van der Waals surface area (Å²) in [7, 11) is 0. The Morgan fingerprint density at radius 2 is 2.19 bits per heavy atom. The molecule has 0 bridgehead atoms. The number of unbranched alkanes of at least 4 members (excludes halogenated alkanes) is 1. The van der Waals surface area contributed by atoms with Crippen LogP contribution in [0.3, 0.4) is 0 Å². The van der Waals surface area contributed by atoms with Gasteiger partial charge in [-0.15, -0.1) is 0 Å². The minimum Gasteiger partial charge on any atom is -0.489 e. The second-order valence-corrected chi connectivity index (χ2v) is 3.66. The van der Waals surface area contributed by atoms with Gasteiger partial charge in [-0.05, 0) is 25.0 Å². The summed E-state index contributed by atoms with van der Waals surface area (Å²) < 4.78 is 18.3. The number of rotatable bonds is 6. The van der Waals surface area contributed by atoms with E-state index in [1.165, 1.54) is 18.2 Å². The van der Waals surface area contributed by atoms with Crippen LogP contribution in [0.2, 0.25) is 5.02 Å². The Bertz CT molecular complexity index is 348. The highest BCUT2D eigenvalue weighted by Crippen LogP contribution is 2.27. The molecule has 3 nitrogen and oxygen atoms in total. The molecule has 5 heteroatoms. The Morgan fingerprint density at radius 1 is 1.44 bits per heavy atom. The van der Waals surface area contributed by atoms with Crippen molar-refractivity contribution in [3.05, 3.63) is 29.0 Å². The summed E-state index contributed by atoms with van der Waals surface area (Å²) in [5.41, 5.74) is 0. The lowest BCUT2D eigenvalue weighted by Crippen LogP contribution is -2.01. The maximum atomic E-state index is 13.2. The van der Waals surface area contributed by atoms with E-state index in [1.54, 1.807) is 0 Å². The lowest BCUT2D eigenvalue weighted by atomic mass is 10.2. The molecule has 0 saturated heterocycles. The number of hydrogen-bond acceptors (Lipinski definition) is 2.